The molecule has 0 fully saturated rings. The van der Waals surface area contributed by atoms with Gasteiger partial charge in [-0.1, -0.05) is 126 Å². The van der Waals surface area contributed by atoms with Crippen molar-refractivity contribution < 1.29 is 0 Å². The Morgan fingerprint density at radius 3 is 1.89 bits per heavy atom. The van der Waals surface area contributed by atoms with Crippen LogP contribution in [-0.4, -0.2) is 16.1 Å². The summed E-state index contributed by atoms with van der Waals surface area (Å²) in [6.45, 7) is 28.5. The Morgan fingerprint density at radius 2 is 1.54 bits per heavy atom. The number of nitrogens with one attached hydrogen (secondary N) is 1. The van der Waals surface area contributed by atoms with Gasteiger partial charge >= 0.3 is 0 Å². The van der Waals surface area contributed by atoms with Gasteiger partial charge in [-0.3, -0.25) is 0 Å². The fraction of sp³-hybridized carbons (Fsp3) is 0.400. The van der Waals surface area contributed by atoms with Gasteiger partial charge in [0.05, 0.1) is 11.9 Å². The van der Waals surface area contributed by atoms with Crippen molar-refractivity contribution in [2.45, 2.75) is 62.3 Å². The number of hydrogen-bond donors (Lipinski definition) is 1. The lowest BCUT2D eigenvalue weighted by atomic mass is 10.2. The Bertz CT molecular complexity index is 555. The van der Waals surface area contributed by atoms with Gasteiger partial charge in [0.15, 0.2) is 0 Å². The minimum Gasteiger partial charge on any atom is -0.338 e. The number of allylic oxidation sites excluding steroid dienone is 8. The second kappa shape index (κ2) is 29.8. The maximum absolute atomic E-state index is 4.40. The van der Waals surface area contributed by atoms with Crippen molar-refractivity contribution >= 4 is 19.7 Å². The summed E-state index contributed by atoms with van der Waals surface area (Å²) >= 11 is 0. The molecule has 1 aliphatic heterocycles. The summed E-state index contributed by atoms with van der Waals surface area (Å²) in [6.07, 6.45) is 14.5. The van der Waals surface area contributed by atoms with Gasteiger partial charge in [0.25, 0.3) is 0 Å². The second-order valence-corrected chi connectivity index (χ2v) is 5.12. The van der Waals surface area contributed by atoms with Crippen LogP contribution in [0.15, 0.2) is 68.2 Å². The number of imidazole rings is 1. The molecule has 2 nitrogen and oxygen atoms in total. The lowest BCUT2D eigenvalue weighted by molar-refractivity contribution is 1.23. The number of aromatic amines is 1. The van der Waals surface area contributed by atoms with Crippen molar-refractivity contribution in [1.82, 2.24) is 9.97 Å². The summed E-state index contributed by atoms with van der Waals surface area (Å²) in [4.78, 5) is 7.71. The van der Waals surface area contributed by atoms with E-state index in [-0.39, 0.29) is 0 Å². The third-order valence-corrected chi connectivity index (χ3v) is 3.52. The first kappa shape index (κ1) is 33.6. The molecule has 1 unspecified atom stereocenters. The van der Waals surface area contributed by atoms with Gasteiger partial charge < -0.3 is 4.98 Å². The van der Waals surface area contributed by atoms with Crippen LogP contribution in [0.5, 0.6) is 0 Å². The van der Waals surface area contributed by atoms with E-state index >= 15 is 0 Å². The van der Waals surface area contributed by atoms with Crippen LogP contribution >= 0.6 is 8.58 Å². The van der Waals surface area contributed by atoms with Gasteiger partial charge in [0, 0.05) is 5.57 Å². The monoisotopic (exact) mass is 404 g/mol. The molecule has 0 radical (unpaired) electrons. The molecule has 0 spiro atoms. The van der Waals surface area contributed by atoms with Crippen molar-refractivity contribution in [3.63, 3.8) is 0 Å². The molecule has 1 aromatic rings. The molecule has 0 aromatic carbocycles. The number of nitrogens with zero attached hydrogens (tertiary/aromatic N) is 1. The summed E-state index contributed by atoms with van der Waals surface area (Å²) in [5.74, 6) is 3.15. The molecule has 0 saturated carbocycles. The molecule has 3 heteroatoms. The van der Waals surface area contributed by atoms with E-state index in [0.717, 1.165) is 31.8 Å². The van der Waals surface area contributed by atoms with E-state index in [0.29, 0.717) is 0 Å². The van der Waals surface area contributed by atoms with Gasteiger partial charge in [0.2, 0.25) is 0 Å². The van der Waals surface area contributed by atoms with Gasteiger partial charge in [-0.15, -0.1) is 0 Å². The Hall–Kier alpha value is -1.92. The van der Waals surface area contributed by atoms with Crippen LogP contribution in [0.4, 0.5) is 0 Å². The van der Waals surface area contributed by atoms with Crippen LogP contribution in [0.1, 0.15) is 73.8 Å². The number of rotatable bonds is 4. The average molecular weight is 405 g/mol. The highest BCUT2D eigenvalue weighted by Crippen LogP contribution is 2.25. The topological polar surface area (TPSA) is 28.7 Å². The molecule has 160 valence electrons. The first-order valence-electron chi connectivity index (χ1n) is 10.4. The van der Waals surface area contributed by atoms with Crippen LogP contribution in [-0.2, 0) is 0 Å². The molecule has 0 aliphatic carbocycles. The average Bonchev–Trinajstić information content (AvgIpc) is 3.31. The molecule has 2 heterocycles. The summed E-state index contributed by atoms with van der Waals surface area (Å²) < 4.78 is 0. The lowest BCUT2D eigenvalue weighted by Crippen LogP contribution is -1.88. The molecule has 2 rings (SSSR count). The van der Waals surface area contributed by atoms with E-state index in [1.54, 1.807) is 12.2 Å². The standard InChI is InChI=1S/C13H15N2P.C4H6.4C2H6/c1-3-10(4-2)12-9-14-13(15-12)11-5-7-16-8-6-11;1-3-4-2;4*1-2/h3-7,9,16H,1,8H2,2H3,(H,14,15);3-4H,1-2H2;4*1-2H3/b10-4+;;;;;. The SMILES string of the molecule is C=C/C(=C\C)c1cnc(C2=CCPC=C2)[nH]1.C=CC=C.CC.CC.CC.CC. The van der Waals surface area contributed by atoms with Crippen LogP contribution in [0.3, 0.4) is 0 Å². The Balaban J connectivity index is -0.000000203. The third kappa shape index (κ3) is 16.3. The van der Waals surface area contributed by atoms with E-state index in [1.807, 2.05) is 80.7 Å². The fourth-order valence-electron chi connectivity index (χ4n) is 1.63. The van der Waals surface area contributed by atoms with Crippen molar-refractivity contribution in [1.29, 1.82) is 0 Å². The smallest absolute Gasteiger partial charge is 0.137 e. The molecular weight excluding hydrogens is 359 g/mol. The van der Waals surface area contributed by atoms with Crippen LogP contribution in [0, 0.1) is 0 Å². The van der Waals surface area contributed by atoms with Crippen molar-refractivity contribution in [3.8, 4) is 0 Å². The largest absolute Gasteiger partial charge is 0.338 e. The molecule has 0 saturated heterocycles. The van der Waals surface area contributed by atoms with E-state index in [2.05, 4.69) is 47.7 Å². The highest BCUT2D eigenvalue weighted by Gasteiger charge is 2.06. The van der Waals surface area contributed by atoms with Crippen molar-refractivity contribution in [2.24, 2.45) is 0 Å². The highest BCUT2D eigenvalue weighted by atomic mass is 31.1. The van der Waals surface area contributed by atoms with Gasteiger partial charge in [-0.25, -0.2) is 4.98 Å². The molecule has 0 bridgehead atoms. The zero-order chi connectivity index (χ0) is 22.8. The molecular formula is C25H45N2P. The zero-order valence-electron chi connectivity index (χ0n) is 19.9. The van der Waals surface area contributed by atoms with E-state index in [4.69, 9.17) is 0 Å². The summed E-state index contributed by atoms with van der Waals surface area (Å²) in [6, 6.07) is 0. The van der Waals surface area contributed by atoms with E-state index < -0.39 is 0 Å². The first-order valence-corrected chi connectivity index (χ1v) is 11.7. The molecule has 1 aromatic heterocycles. The van der Waals surface area contributed by atoms with Crippen molar-refractivity contribution in [3.05, 3.63) is 79.7 Å². The Morgan fingerprint density at radius 1 is 1.00 bits per heavy atom. The van der Waals surface area contributed by atoms with Crippen LogP contribution < -0.4 is 0 Å². The number of hydrogen-bond acceptors (Lipinski definition) is 1. The fourth-order valence-corrected chi connectivity index (χ4v) is 2.40. The van der Waals surface area contributed by atoms with Gasteiger partial charge in [0.1, 0.15) is 5.82 Å². The third-order valence-electron chi connectivity index (χ3n) is 2.68. The maximum Gasteiger partial charge on any atom is 0.137 e. The number of aromatic nitrogens is 2. The Kier molecular flexibility index (Phi) is 35.8. The predicted molar refractivity (Wildman–Crippen MR) is 139 cm³/mol. The lowest BCUT2D eigenvalue weighted by Gasteiger charge is -2.03. The van der Waals surface area contributed by atoms with Crippen LogP contribution in [0.25, 0.3) is 11.1 Å². The van der Waals surface area contributed by atoms with E-state index in [1.165, 1.54) is 5.57 Å². The summed E-state index contributed by atoms with van der Waals surface area (Å²) in [7, 11) is 0.909. The predicted octanol–water partition coefficient (Wildman–Crippen LogP) is 9.05. The first-order chi connectivity index (χ1) is 13.8. The Labute approximate surface area is 178 Å². The molecule has 0 amide bonds. The normalized spacial score (nSPS) is 11.6. The zero-order valence-corrected chi connectivity index (χ0v) is 20.9. The quantitative estimate of drug-likeness (QED) is 0.393. The van der Waals surface area contributed by atoms with Crippen LogP contribution in [0.2, 0.25) is 0 Å². The summed E-state index contributed by atoms with van der Waals surface area (Å²) in [5, 5.41) is 0. The minimum absolute atomic E-state index is 0.909. The van der Waals surface area contributed by atoms with Crippen molar-refractivity contribution in [2.75, 3.05) is 6.16 Å². The molecule has 1 aliphatic rings. The molecule has 1 atom stereocenters. The minimum atomic E-state index is 0.909. The van der Waals surface area contributed by atoms with Gasteiger partial charge in [-0.2, -0.15) is 0 Å². The summed E-state index contributed by atoms with van der Waals surface area (Å²) in [5.41, 5.74) is 3.29. The highest BCUT2D eigenvalue weighted by molar-refractivity contribution is 7.42. The van der Waals surface area contributed by atoms with Gasteiger partial charge in [-0.05, 0) is 18.7 Å². The maximum atomic E-state index is 4.40. The molecule has 1 N–H and O–H groups in total. The second-order valence-electron chi connectivity index (χ2n) is 3.97. The number of H-pyrrole nitrogens is 1. The molecule has 28 heavy (non-hydrogen) atoms. The van der Waals surface area contributed by atoms with E-state index in [9.17, 15) is 0 Å².